The molecule has 0 spiro atoms. The third-order valence-electron chi connectivity index (χ3n) is 7.47. The largest absolute Gasteiger partial charge is 0.491 e. The van der Waals surface area contributed by atoms with E-state index in [0.717, 1.165) is 29.2 Å². The molecule has 0 amide bonds. The van der Waals surface area contributed by atoms with Crippen molar-refractivity contribution in [3.05, 3.63) is 52.6 Å². The van der Waals surface area contributed by atoms with E-state index in [2.05, 4.69) is 84.0 Å². The molecule has 2 aromatic rings. The van der Waals surface area contributed by atoms with Crippen molar-refractivity contribution >= 4 is 35.2 Å². The third-order valence-corrected chi connectivity index (χ3v) is 7.47. The van der Waals surface area contributed by atoms with Gasteiger partial charge in [-0.25, -0.2) is 0 Å². The van der Waals surface area contributed by atoms with E-state index < -0.39 is 0 Å². The molecule has 2 aliphatic carbocycles. The van der Waals surface area contributed by atoms with Crippen LogP contribution in [0.4, 0.5) is 0 Å². The number of benzene rings is 1. The summed E-state index contributed by atoms with van der Waals surface area (Å²) in [6, 6.07) is 6.53. The maximum Gasteiger partial charge on any atom is 0.491 e. The van der Waals surface area contributed by atoms with Gasteiger partial charge in [0.15, 0.2) is 0 Å². The van der Waals surface area contributed by atoms with Crippen molar-refractivity contribution in [1.82, 2.24) is 0 Å². The first-order valence-corrected chi connectivity index (χ1v) is 11.2. The number of allylic oxidation sites excluding steroid dienone is 4. The van der Waals surface area contributed by atoms with Crippen molar-refractivity contribution < 1.29 is 13.7 Å². The first kappa shape index (κ1) is 19.9. The van der Waals surface area contributed by atoms with E-state index in [1.54, 1.807) is 0 Å². The molecule has 2 unspecified atom stereocenters. The quantitative estimate of drug-likeness (QED) is 0.662. The minimum Gasteiger partial charge on any atom is -0.456 e. The van der Waals surface area contributed by atoms with Gasteiger partial charge in [-0.1, -0.05) is 50.3 Å². The number of hydrogen-bond acceptors (Lipinski definition) is 3. The van der Waals surface area contributed by atoms with Crippen molar-refractivity contribution in [3.63, 3.8) is 0 Å². The van der Waals surface area contributed by atoms with E-state index >= 15 is 0 Å². The maximum atomic E-state index is 6.51. The van der Waals surface area contributed by atoms with Crippen LogP contribution in [0, 0.1) is 11.8 Å². The van der Waals surface area contributed by atoms with E-state index in [1.807, 2.05) is 0 Å². The Morgan fingerprint density at radius 2 is 1.70 bits per heavy atom. The minimum absolute atomic E-state index is 0.340. The lowest BCUT2D eigenvalue weighted by Crippen LogP contribution is -2.41. The summed E-state index contributed by atoms with van der Waals surface area (Å²) >= 11 is 0. The average molecular weight is 402 g/mol. The lowest BCUT2D eigenvalue weighted by atomic mass is 9.68. The van der Waals surface area contributed by atoms with Crippen LogP contribution in [0.5, 0.6) is 0 Å². The van der Waals surface area contributed by atoms with Gasteiger partial charge in [0, 0.05) is 16.2 Å². The Labute approximate surface area is 179 Å². The molecule has 1 aromatic carbocycles. The summed E-state index contributed by atoms with van der Waals surface area (Å²) in [6.07, 6.45) is 10.9. The van der Waals surface area contributed by atoms with Crippen LogP contribution in [0.2, 0.25) is 0 Å². The monoisotopic (exact) mass is 402 g/mol. The van der Waals surface area contributed by atoms with Gasteiger partial charge in [-0.15, -0.1) is 0 Å². The molecule has 0 bridgehead atoms. The second-order valence-corrected chi connectivity index (χ2v) is 10.1. The van der Waals surface area contributed by atoms with Crippen LogP contribution in [0.15, 0.2) is 40.8 Å². The van der Waals surface area contributed by atoms with Crippen LogP contribution in [0.25, 0.3) is 28.1 Å². The van der Waals surface area contributed by atoms with E-state index in [-0.39, 0.29) is 18.3 Å². The highest BCUT2D eigenvalue weighted by Gasteiger charge is 2.53. The molecule has 0 saturated carbocycles. The summed E-state index contributed by atoms with van der Waals surface area (Å²) < 4.78 is 19.5. The van der Waals surface area contributed by atoms with E-state index in [1.165, 1.54) is 21.8 Å². The number of fused-ring (bicyclic) bond motifs is 3. The Balaban J connectivity index is 1.76. The number of rotatable bonds is 2. The molecule has 4 heteroatoms. The molecule has 3 aliphatic rings. The smallest absolute Gasteiger partial charge is 0.456 e. The van der Waals surface area contributed by atoms with E-state index in [4.69, 9.17) is 13.7 Å². The van der Waals surface area contributed by atoms with Gasteiger partial charge in [0.25, 0.3) is 0 Å². The second-order valence-electron chi connectivity index (χ2n) is 10.1. The lowest BCUT2D eigenvalue weighted by Gasteiger charge is -2.32. The van der Waals surface area contributed by atoms with E-state index in [0.29, 0.717) is 11.8 Å². The molecular formula is C26H31BO3. The normalized spacial score (nSPS) is 27.2. The van der Waals surface area contributed by atoms with Gasteiger partial charge in [0.2, 0.25) is 0 Å². The predicted octanol–water partition coefficient (Wildman–Crippen LogP) is 5.01. The van der Waals surface area contributed by atoms with Gasteiger partial charge in [-0.2, -0.15) is 0 Å². The van der Waals surface area contributed by atoms with Crippen LogP contribution in [-0.2, 0) is 9.31 Å². The molecule has 30 heavy (non-hydrogen) atoms. The molecule has 1 aromatic heterocycles. The zero-order valence-corrected chi connectivity index (χ0v) is 18.9. The molecule has 1 fully saturated rings. The Morgan fingerprint density at radius 1 is 0.967 bits per heavy atom. The van der Waals surface area contributed by atoms with Crippen LogP contribution in [0.1, 0.15) is 59.9 Å². The number of furan rings is 1. The lowest BCUT2D eigenvalue weighted by molar-refractivity contribution is 0.00578. The molecular weight excluding hydrogens is 371 g/mol. The summed E-state index contributed by atoms with van der Waals surface area (Å²) in [7, 11) is -0.349. The summed E-state index contributed by atoms with van der Waals surface area (Å²) in [5.74, 6) is 0.824. The van der Waals surface area contributed by atoms with Gasteiger partial charge in [0.05, 0.1) is 11.2 Å². The first-order valence-electron chi connectivity index (χ1n) is 11.2. The molecule has 156 valence electrons. The highest BCUT2D eigenvalue weighted by molar-refractivity contribution is 6.67. The Hall–Kier alpha value is -2.04. The van der Waals surface area contributed by atoms with Gasteiger partial charge in [-0.05, 0) is 69.5 Å². The maximum absolute atomic E-state index is 6.51. The van der Waals surface area contributed by atoms with Crippen molar-refractivity contribution in [2.75, 3.05) is 0 Å². The van der Waals surface area contributed by atoms with Gasteiger partial charge < -0.3 is 13.7 Å². The summed E-state index contributed by atoms with van der Waals surface area (Å²) in [5.41, 5.74) is 4.99. The van der Waals surface area contributed by atoms with E-state index in [9.17, 15) is 0 Å². The Morgan fingerprint density at radius 3 is 2.40 bits per heavy atom. The molecule has 5 rings (SSSR count). The topological polar surface area (TPSA) is 31.6 Å². The van der Waals surface area contributed by atoms with Crippen molar-refractivity contribution in [1.29, 1.82) is 0 Å². The molecule has 1 aliphatic heterocycles. The third kappa shape index (κ3) is 2.88. The zero-order valence-electron chi connectivity index (χ0n) is 18.9. The van der Waals surface area contributed by atoms with Crippen LogP contribution in [0.3, 0.4) is 0 Å². The fourth-order valence-electron chi connectivity index (χ4n) is 4.88. The molecule has 2 heterocycles. The summed E-state index contributed by atoms with van der Waals surface area (Å²) in [5, 5.41) is 2.33. The number of para-hydroxylation sites is 1. The summed E-state index contributed by atoms with van der Waals surface area (Å²) in [6.45, 7) is 13.0. The standard InChI is InChI=1S/C26H31BO3/c1-16-10-7-8-11-18(16)19-12-9-13-20-22-21(28-24(19)20)15-14-17(2)23(22)27-29-25(3,4)26(5,6)30-27/h7-9,11-13,15-17H,10,14H2,1-6H3. The molecule has 0 radical (unpaired) electrons. The van der Waals surface area contributed by atoms with Crippen LogP contribution < -0.4 is 10.6 Å². The van der Waals surface area contributed by atoms with Crippen molar-refractivity contribution in [2.24, 2.45) is 11.8 Å². The Kier molecular flexibility index (Phi) is 4.47. The first-order chi connectivity index (χ1) is 14.2. The predicted molar refractivity (Wildman–Crippen MR) is 124 cm³/mol. The van der Waals surface area contributed by atoms with Crippen LogP contribution in [-0.4, -0.2) is 18.3 Å². The Bertz CT molecular complexity index is 1180. The van der Waals surface area contributed by atoms with Crippen LogP contribution >= 0.6 is 0 Å². The molecule has 0 N–H and O–H groups in total. The SMILES string of the molecule is CC1CC=CC=C1c1cccc2c3c(oc12)=CCC(C)C=3B1OC(C)(C)C(C)(C)O1. The zero-order chi connectivity index (χ0) is 21.3. The number of hydrogen-bond donors (Lipinski definition) is 0. The minimum atomic E-state index is -0.356. The van der Waals surface area contributed by atoms with Crippen molar-refractivity contribution in [2.45, 2.75) is 65.6 Å². The highest BCUT2D eigenvalue weighted by atomic mass is 16.7. The van der Waals surface area contributed by atoms with Crippen molar-refractivity contribution in [3.8, 4) is 0 Å². The fraction of sp³-hybridized carbons (Fsp3) is 0.462. The highest BCUT2D eigenvalue weighted by Crippen LogP contribution is 2.41. The molecule has 1 saturated heterocycles. The van der Waals surface area contributed by atoms with Gasteiger partial charge in [0.1, 0.15) is 11.0 Å². The fourth-order valence-corrected chi connectivity index (χ4v) is 4.88. The van der Waals surface area contributed by atoms with Gasteiger partial charge >= 0.3 is 7.12 Å². The second kappa shape index (κ2) is 6.73. The molecule has 3 nitrogen and oxygen atoms in total. The van der Waals surface area contributed by atoms with Gasteiger partial charge in [-0.3, -0.25) is 0 Å². The average Bonchev–Trinajstić information content (AvgIpc) is 3.16. The molecule has 2 atom stereocenters. The summed E-state index contributed by atoms with van der Waals surface area (Å²) in [4.78, 5) is 0.